The predicted molar refractivity (Wildman–Crippen MR) is 22.9 cm³/mol. The molecule has 0 atom stereocenters. The molecule has 0 unspecified atom stereocenters. The van der Waals surface area contributed by atoms with Crippen LogP contribution in [0.25, 0.3) is 0 Å². The van der Waals surface area contributed by atoms with Crippen molar-refractivity contribution in [1.82, 2.24) is 0 Å². The van der Waals surface area contributed by atoms with Crippen LogP contribution in [-0.4, -0.2) is 42.5 Å². The summed E-state index contributed by atoms with van der Waals surface area (Å²) in [6.45, 7) is 0. The summed E-state index contributed by atoms with van der Waals surface area (Å²) in [6.07, 6.45) is 0. The van der Waals surface area contributed by atoms with Crippen LogP contribution < -0.4 is 5.14 Å². The first-order valence-electron chi connectivity index (χ1n) is 0.752. The summed E-state index contributed by atoms with van der Waals surface area (Å²) in [5, 5.41) is 3.88. The molecule has 0 fully saturated rings. The molecule has 0 spiro atoms. The van der Waals surface area contributed by atoms with E-state index in [0.29, 0.717) is 0 Å². The van der Waals surface area contributed by atoms with Gasteiger partial charge >= 0.3 is 39.9 Å². The molecule has 6 heavy (non-hydrogen) atoms. The molecule has 0 rings (SSSR count). The fourth-order valence-electron chi connectivity index (χ4n) is 0. The SMILES string of the molecule is NS(=O)(=O)O.[NaH]. The van der Waals surface area contributed by atoms with Gasteiger partial charge in [0.1, 0.15) is 0 Å². The van der Waals surface area contributed by atoms with E-state index in [9.17, 15) is 0 Å². The van der Waals surface area contributed by atoms with Crippen molar-refractivity contribution in [2.45, 2.75) is 0 Å². The Bertz CT molecular complexity index is 94.0. The Morgan fingerprint density at radius 3 is 1.50 bits per heavy atom. The molecule has 0 aromatic carbocycles. The molecule has 0 saturated carbocycles. The third-order valence-corrected chi connectivity index (χ3v) is 0. The Morgan fingerprint density at radius 2 is 1.50 bits per heavy atom. The zero-order valence-electron chi connectivity index (χ0n) is 2.25. The number of hydrogen-bond acceptors (Lipinski definition) is 2. The predicted octanol–water partition coefficient (Wildman–Crippen LogP) is -1.90. The summed E-state index contributed by atoms with van der Waals surface area (Å²) < 4.78 is 25.2. The standard InChI is InChI=1S/H3NO3S.Na.H/c1-5(2,3)4;;/h(H3,1,2,3,4);;. The van der Waals surface area contributed by atoms with Gasteiger partial charge in [-0.2, -0.15) is 8.42 Å². The molecule has 3 N–H and O–H groups in total. The summed E-state index contributed by atoms with van der Waals surface area (Å²) in [5.74, 6) is 0. The molecule has 0 aliphatic heterocycles. The quantitative estimate of drug-likeness (QED) is 0.290. The normalized spacial score (nSPS) is 9.67. The van der Waals surface area contributed by atoms with Crippen LogP contribution in [0.3, 0.4) is 0 Å². The monoisotopic (exact) mass is 121 g/mol. The van der Waals surface area contributed by atoms with E-state index in [2.05, 4.69) is 5.14 Å². The minimum absolute atomic E-state index is 0. The van der Waals surface area contributed by atoms with Crippen LogP contribution in [0.2, 0.25) is 0 Å². The molecule has 0 aromatic heterocycles. The van der Waals surface area contributed by atoms with Gasteiger partial charge in [-0.05, 0) is 0 Å². The summed E-state index contributed by atoms with van der Waals surface area (Å²) >= 11 is 0. The molecule has 0 heterocycles. The van der Waals surface area contributed by atoms with Crippen LogP contribution in [0, 0.1) is 0 Å². The van der Waals surface area contributed by atoms with Crippen LogP contribution in [0.1, 0.15) is 0 Å². The van der Waals surface area contributed by atoms with Gasteiger partial charge in [-0.3, -0.25) is 4.55 Å². The minimum atomic E-state index is -4.17. The van der Waals surface area contributed by atoms with Crippen LogP contribution in [0.4, 0.5) is 0 Å². The molecular formula is H4NNaO3S. The van der Waals surface area contributed by atoms with Gasteiger partial charge in [0.15, 0.2) is 0 Å². The molecule has 4 nitrogen and oxygen atoms in total. The molecular weight excluding hydrogens is 117 g/mol. The summed E-state index contributed by atoms with van der Waals surface area (Å²) in [6, 6.07) is 0. The Labute approximate surface area is 57.9 Å². The molecule has 34 valence electrons. The van der Waals surface area contributed by atoms with E-state index in [1.54, 1.807) is 0 Å². The first-order chi connectivity index (χ1) is 2.00. The Morgan fingerprint density at radius 1 is 1.50 bits per heavy atom. The van der Waals surface area contributed by atoms with Crippen molar-refractivity contribution in [3.05, 3.63) is 0 Å². The maximum absolute atomic E-state index is 8.97. The topological polar surface area (TPSA) is 80.4 Å². The molecule has 0 aliphatic carbocycles. The fourth-order valence-corrected chi connectivity index (χ4v) is 0. The Balaban J connectivity index is 0. The van der Waals surface area contributed by atoms with Crippen molar-refractivity contribution >= 4 is 39.9 Å². The van der Waals surface area contributed by atoms with Gasteiger partial charge < -0.3 is 0 Å². The third kappa shape index (κ3) is 96.4. The Kier molecular flexibility index (Phi) is 4.91. The van der Waals surface area contributed by atoms with E-state index in [1.165, 1.54) is 0 Å². The summed E-state index contributed by atoms with van der Waals surface area (Å²) in [5.41, 5.74) is 0. The van der Waals surface area contributed by atoms with E-state index in [0.717, 1.165) is 0 Å². The van der Waals surface area contributed by atoms with Gasteiger partial charge in [-0.1, -0.05) is 0 Å². The average Bonchev–Trinajstić information content (AvgIpc) is 0.722. The summed E-state index contributed by atoms with van der Waals surface area (Å²) in [4.78, 5) is 0. The van der Waals surface area contributed by atoms with Crippen LogP contribution in [-0.2, 0) is 10.3 Å². The van der Waals surface area contributed by atoms with Crippen molar-refractivity contribution < 1.29 is 13.0 Å². The second kappa shape index (κ2) is 2.95. The zero-order chi connectivity index (χ0) is 4.50. The Hall–Kier alpha value is 0.870. The molecule has 0 aromatic rings. The van der Waals surface area contributed by atoms with Crippen molar-refractivity contribution in [3.63, 3.8) is 0 Å². The van der Waals surface area contributed by atoms with Crippen LogP contribution in [0.5, 0.6) is 0 Å². The summed E-state index contributed by atoms with van der Waals surface area (Å²) in [7, 11) is -4.17. The van der Waals surface area contributed by atoms with Gasteiger partial charge in [0.2, 0.25) is 0 Å². The van der Waals surface area contributed by atoms with Gasteiger partial charge in [0.05, 0.1) is 0 Å². The molecule has 0 radical (unpaired) electrons. The molecule has 0 saturated heterocycles. The second-order valence-electron chi connectivity index (χ2n) is 0.515. The van der Waals surface area contributed by atoms with E-state index in [4.69, 9.17) is 13.0 Å². The van der Waals surface area contributed by atoms with Gasteiger partial charge in [0.25, 0.3) is 0 Å². The van der Waals surface area contributed by atoms with Crippen molar-refractivity contribution in [3.8, 4) is 0 Å². The molecule has 0 bridgehead atoms. The third-order valence-electron chi connectivity index (χ3n) is 0. The average molecular weight is 121 g/mol. The van der Waals surface area contributed by atoms with E-state index in [-0.39, 0.29) is 29.6 Å². The first kappa shape index (κ1) is 9.98. The number of rotatable bonds is 0. The van der Waals surface area contributed by atoms with Crippen molar-refractivity contribution in [2.75, 3.05) is 0 Å². The van der Waals surface area contributed by atoms with Gasteiger partial charge in [-0.25, -0.2) is 5.14 Å². The van der Waals surface area contributed by atoms with Crippen molar-refractivity contribution in [2.24, 2.45) is 5.14 Å². The number of nitrogens with two attached hydrogens (primary N) is 1. The zero-order valence-corrected chi connectivity index (χ0v) is 3.07. The fraction of sp³-hybridized carbons (Fsp3) is 0. The number of hydrogen-bond donors (Lipinski definition) is 2. The maximum atomic E-state index is 8.97. The molecule has 0 aliphatic rings. The molecule has 0 amide bonds. The first-order valence-corrected chi connectivity index (χ1v) is 2.25. The van der Waals surface area contributed by atoms with Gasteiger partial charge in [0, 0.05) is 0 Å². The van der Waals surface area contributed by atoms with E-state index >= 15 is 0 Å². The van der Waals surface area contributed by atoms with E-state index < -0.39 is 10.3 Å². The van der Waals surface area contributed by atoms with Gasteiger partial charge in [-0.15, -0.1) is 0 Å². The molecule has 6 heteroatoms. The van der Waals surface area contributed by atoms with E-state index in [1.807, 2.05) is 0 Å². The van der Waals surface area contributed by atoms with Crippen LogP contribution in [0.15, 0.2) is 0 Å². The van der Waals surface area contributed by atoms with Crippen LogP contribution >= 0.6 is 0 Å². The second-order valence-corrected chi connectivity index (χ2v) is 1.54. The van der Waals surface area contributed by atoms with Crippen molar-refractivity contribution in [1.29, 1.82) is 0 Å².